The number of hydrogen-bond acceptors (Lipinski definition) is 4. The minimum Gasteiger partial charge on any atom is -0.324 e. The van der Waals surface area contributed by atoms with Crippen LogP contribution in [0.15, 0.2) is 30.3 Å². The molecule has 4 N–H and O–H groups in total. The fourth-order valence-corrected chi connectivity index (χ4v) is 1.92. The molecule has 1 heterocycles. The molecule has 2 amide bonds. The zero-order valence-corrected chi connectivity index (χ0v) is 12.3. The molecule has 1 unspecified atom stereocenters. The van der Waals surface area contributed by atoms with Gasteiger partial charge in [-0.15, -0.1) is 0 Å². The first-order valence-corrected chi connectivity index (χ1v) is 6.70. The van der Waals surface area contributed by atoms with Crippen molar-refractivity contribution in [2.45, 2.75) is 26.8 Å². The number of aromatic nitrogens is 2. The SMILES string of the molecule is Cc1cc(C)nc(NC(=O)Nc2ccc(C(C)N)cc2)n1. The van der Waals surface area contributed by atoms with Crippen molar-refractivity contribution in [2.24, 2.45) is 5.73 Å². The number of rotatable bonds is 3. The predicted octanol–water partition coefficient (Wildman–Crippen LogP) is 2.76. The Hall–Kier alpha value is -2.47. The quantitative estimate of drug-likeness (QED) is 0.808. The molecule has 2 rings (SSSR count). The number of nitrogens with two attached hydrogens (primary N) is 1. The van der Waals surface area contributed by atoms with E-state index in [1.807, 2.05) is 39.0 Å². The lowest BCUT2D eigenvalue weighted by Crippen LogP contribution is -2.21. The molecule has 0 bridgehead atoms. The summed E-state index contributed by atoms with van der Waals surface area (Å²) in [6.45, 7) is 5.61. The van der Waals surface area contributed by atoms with Crippen molar-refractivity contribution in [3.63, 3.8) is 0 Å². The Labute approximate surface area is 123 Å². The van der Waals surface area contributed by atoms with Crippen LogP contribution in [-0.4, -0.2) is 16.0 Å². The van der Waals surface area contributed by atoms with Crippen molar-refractivity contribution >= 4 is 17.7 Å². The maximum absolute atomic E-state index is 11.9. The van der Waals surface area contributed by atoms with E-state index in [2.05, 4.69) is 20.6 Å². The van der Waals surface area contributed by atoms with Gasteiger partial charge in [0.15, 0.2) is 0 Å². The van der Waals surface area contributed by atoms with Gasteiger partial charge in [-0.05, 0) is 44.5 Å². The summed E-state index contributed by atoms with van der Waals surface area (Å²) < 4.78 is 0. The monoisotopic (exact) mass is 285 g/mol. The van der Waals surface area contributed by atoms with Crippen LogP contribution in [0.2, 0.25) is 0 Å². The van der Waals surface area contributed by atoms with E-state index in [0.29, 0.717) is 5.69 Å². The molecule has 1 aromatic heterocycles. The van der Waals surface area contributed by atoms with Crippen molar-refractivity contribution in [2.75, 3.05) is 10.6 Å². The lowest BCUT2D eigenvalue weighted by atomic mass is 10.1. The Balaban J connectivity index is 2.01. The normalized spacial score (nSPS) is 11.8. The van der Waals surface area contributed by atoms with Gasteiger partial charge in [-0.3, -0.25) is 5.32 Å². The van der Waals surface area contributed by atoms with E-state index in [4.69, 9.17) is 5.73 Å². The van der Waals surface area contributed by atoms with E-state index in [-0.39, 0.29) is 18.0 Å². The molecule has 0 aliphatic rings. The van der Waals surface area contributed by atoms with Gasteiger partial charge in [-0.1, -0.05) is 12.1 Å². The van der Waals surface area contributed by atoms with E-state index in [1.165, 1.54) is 0 Å². The average molecular weight is 285 g/mol. The minimum absolute atomic E-state index is 0.0310. The minimum atomic E-state index is -0.381. The van der Waals surface area contributed by atoms with Crippen molar-refractivity contribution in [3.8, 4) is 0 Å². The van der Waals surface area contributed by atoms with Gasteiger partial charge in [0.2, 0.25) is 5.95 Å². The third-order valence-corrected chi connectivity index (χ3v) is 2.90. The van der Waals surface area contributed by atoms with Crippen LogP contribution in [0, 0.1) is 13.8 Å². The molecule has 21 heavy (non-hydrogen) atoms. The van der Waals surface area contributed by atoms with Gasteiger partial charge in [0.25, 0.3) is 0 Å². The molecule has 0 aliphatic heterocycles. The molecule has 0 saturated heterocycles. The molecule has 6 nitrogen and oxygen atoms in total. The predicted molar refractivity (Wildman–Crippen MR) is 83.2 cm³/mol. The molecular formula is C15H19N5O. The van der Waals surface area contributed by atoms with E-state index in [1.54, 1.807) is 12.1 Å². The first-order valence-electron chi connectivity index (χ1n) is 6.70. The number of aryl methyl sites for hydroxylation is 2. The second-order valence-corrected chi connectivity index (χ2v) is 4.96. The highest BCUT2D eigenvalue weighted by atomic mass is 16.2. The van der Waals surface area contributed by atoms with Crippen molar-refractivity contribution in [1.82, 2.24) is 9.97 Å². The molecule has 6 heteroatoms. The molecule has 0 saturated carbocycles. The Bertz CT molecular complexity index is 617. The van der Waals surface area contributed by atoms with Crippen LogP contribution in [0.25, 0.3) is 0 Å². The fourth-order valence-electron chi connectivity index (χ4n) is 1.92. The molecule has 1 aromatic carbocycles. The van der Waals surface area contributed by atoms with Crippen LogP contribution in [0.4, 0.5) is 16.4 Å². The number of urea groups is 1. The van der Waals surface area contributed by atoms with Gasteiger partial charge in [-0.25, -0.2) is 14.8 Å². The summed E-state index contributed by atoms with van der Waals surface area (Å²) in [7, 11) is 0. The maximum atomic E-state index is 11.9. The zero-order valence-electron chi connectivity index (χ0n) is 12.3. The molecule has 110 valence electrons. The summed E-state index contributed by atoms with van der Waals surface area (Å²) in [5, 5.41) is 5.34. The largest absolute Gasteiger partial charge is 0.326 e. The van der Waals surface area contributed by atoms with Crippen LogP contribution in [0.3, 0.4) is 0 Å². The fraction of sp³-hybridized carbons (Fsp3) is 0.267. The number of carbonyl (C=O) groups excluding carboxylic acids is 1. The van der Waals surface area contributed by atoms with Crippen LogP contribution in [0.5, 0.6) is 0 Å². The van der Waals surface area contributed by atoms with Gasteiger partial charge < -0.3 is 11.1 Å². The second kappa shape index (κ2) is 6.32. The number of benzene rings is 1. The molecule has 1 atom stereocenters. The van der Waals surface area contributed by atoms with Gasteiger partial charge in [0.1, 0.15) is 0 Å². The maximum Gasteiger partial charge on any atom is 0.326 e. The number of hydrogen-bond donors (Lipinski definition) is 3. The Morgan fingerprint density at radius 1 is 1.10 bits per heavy atom. The van der Waals surface area contributed by atoms with Crippen LogP contribution >= 0.6 is 0 Å². The van der Waals surface area contributed by atoms with Crippen molar-refractivity contribution in [3.05, 3.63) is 47.3 Å². The standard InChI is InChI=1S/C15H19N5O/c1-9-8-10(2)18-14(17-9)20-15(21)19-13-6-4-12(5-7-13)11(3)16/h4-8,11H,16H2,1-3H3,(H2,17,18,19,20,21). The molecule has 0 fully saturated rings. The topological polar surface area (TPSA) is 92.9 Å². The molecule has 0 aliphatic carbocycles. The zero-order chi connectivity index (χ0) is 15.4. The van der Waals surface area contributed by atoms with Gasteiger partial charge in [-0.2, -0.15) is 0 Å². The second-order valence-electron chi connectivity index (χ2n) is 4.96. The summed E-state index contributed by atoms with van der Waals surface area (Å²) in [4.78, 5) is 20.2. The van der Waals surface area contributed by atoms with Crippen LogP contribution in [-0.2, 0) is 0 Å². The Kier molecular flexibility index (Phi) is 4.49. The van der Waals surface area contributed by atoms with Gasteiger partial charge >= 0.3 is 6.03 Å². The molecule has 0 radical (unpaired) electrons. The van der Waals surface area contributed by atoms with Crippen molar-refractivity contribution in [1.29, 1.82) is 0 Å². The van der Waals surface area contributed by atoms with Crippen molar-refractivity contribution < 1.29 is 4.79 Å². The number of nitrogens with zero attached hydrogens (tertiary/aromatic N) is 2. The third kappa shape index (κ3) is 4.25. The summed E-state index contributed by atoms with van der Waals surface area (Å²) in [5.74, 6) is 0.289. The van der Waals surface area contributed by atoms with Crippen LogP contribution < -0.4 is 16.4 Å². The van der Waals surface area contributed by atoms with E-state index in [0.717, 1.165) is 17.0 Å². The van der Waals surface area contributed by atoms with Gasteiger partial charge in [0.05, 0.1) is 0 Å². The molecular weight excluding hydrogens is 266 g/mol. The average Bonchev–Trinajstić information content (AvgIpc) is 2.37. The number of carbonyl (C=O) groups is 1. The molecule has 2 aromatic rings. The summed E-state index contributed by atoms with van der Waals surface area (Å²) >= 11 is 0. The number of amides is 2. The van der Waals surface area contributed by atoms with Gasteiger partial charge in [0, 0.05) is 23.1 Å². The number of nitrogens with one attached hydrogen (secondary N) is 2. The lowest BCUT2D eigenvalue weighted by molar-refractivity contribution is 0.262. The first kappa shape index (κ1) is 14.9. The highest BCUT2D eigenvalue weighted by molar-refractivity contribution is 5.98. The van der Waals surface area contributed by atoms with E-state index in [9.17, 15) is 4.79 Å². The summed E-state index contributed by atoms with van der Waals surface area (Å²) in [6, 6.07) is 8.81. The highest BCUT2D eigenvalue weighted by Gasteiger charge is 2.06. The van der Waals surface area contributed by atoms with E-state index < -0.39 is 0 Å². The summed E-state index contributed by atoms with van der Waals surface area (Å²) in [5.41, 5.74) is 9.08. The highest BCUT2D eigenvalue weighted by Crippen LogP contribution is 2.14. The lowest BCUT2D eigenvalue weighted by Gasteiger charge is -2.09. The smallest absolute Gasteiger partial charge is 0.324 e. The first-order chi connectivity index (χ1) is 9.94. The van der Waals surface area contributed by atoms with E-state index >= 15 is 0 Å². The van der Waals surface area contributed by atoms with Crippen LogP contribution in [0.1, 0.15) is 29.9 Å². The number of anilines is 2. The summed E-state index contributed by atoms with van der Waals surface area (Å²) in [6.07, 6.45) is 0. The Morgan fingerprint density at radius 3 is 2.19 bits per heavy atom. The molecule has 0 spiro atoms. The Morgan fingerprint density at radius 2 is 1.67 bits per heavy atom. The third-order valence-electron chi connectivity index (χ3n) is 2.90.